The fourth-order valence-corrected chi connectivity index (χ4v) is 3.39. The van der Waals surface area contributed by atoms with Gasteiger partial charge in [-0.15, -0.1) is 0 Å². The number of carbonyl (C=O) groups excluding carboxylic acids is 1. The number of anilines is 1. The van der Waals surface area contributed by atoms with Gasteiger partial charge < -0.3 is 10.4 Å². The fourth-order valence-electron chi connectivity index (χ4n) is 2.68. The average molecular weight is 365 g/mol. The lowest BCUT2D eigenvalue weighted by Crippen LogP contribution is -2.15. The van der Waals surface area contributed by atoms with E-state index >= 15 is 0 Å². The first-order chi connectivity index (χ1) is 12.5. The van der Waals surface area contributed by atoms with E-state index in [2.05, 4.69) is 5.32 Å². The zero-order valence-corrected chi connectivity index (χ0v) is 15.1. The summed E-state index contributed by atoms with van der Waals surface area (Å²) in [5.74, 6) is -0.892. The van der Waals surface area contributed by atoms with Crippen LogP contribution < -0.4 is 5.32 Å². The van der Waals surface area contributed by atoms with Gasteiger partial charge in [0, 0.05) is 17.7 Å². The first kappa shape index (κ1) is 17.9. The summed E-state index contributed by atoms with van der Waals surface area (Å²) < 4.78 is 0. The van der Waals surface area contributed by atoms with Gasteiger partial charge in [-0.2, -0.15) is 11.3 Å². The van der Waals surface area contributed by atoms with E-state index in [9.17, 15) is 9.59 Å². The lowest BCUT2D eigenvalue weighted by molar-refractivity contribution is 0.0696. The zero-order valence-electron chi connectivity index (χ0n) is 14.3. The van der Waals surface area contributed by atoms with Crippen molar-refractivity contribution in [2.75, 3.05) is 5.32 Å². The smallest absolute Gasteiger partial charge is 0.335 e. The molecule has 0 bridgehead atoms. The highest BCUT2D eigenvalue weighted by atomic mass is 32.1. The van der Waals surface area contributed by atoms with Crippen LogP contribution in [0, 0.1) is 6.92 Å². The van der Waals surface area contributed by atoms with Gasteiger partial charge in [-0.05, 0) is 53.6 Å². The van der Waals surface area contributed by atoms with Crippen LogP contribution in [0.25, 0.3) is 0 Å². The van der Waals surface area contributed by atoms with E-state index < -0.39 is 5.97 Å². The molecule has 3 aromatic rings. The SMILES string of the molecule is Cc1ccc(C(=O)CC(Nc2ccc(C(=O)O)cc2)c2ccsc2)cc1. The lowest BCUT2D eigenvalue weighted by atomic mass is 9.99. The molecule has 0 aliphatic rings. The van der Waals surface area contributed by atoms with Gasteiger partial charge in [0.15, 0.2) is 5.78 Å². The molecule has 3 rings (SSSR count). The molecule has 2 aromatic carbocycles. The number of hydrogen-bond donors (Lipinski definition) is 2. The van der Waals surface area contributed by atoms with E-state index in [0.717, 1.165) is 16.8 Å². The molecule has 1 atom stereocenters. The van der Waals surface area contributed by atoms with Crippen LogP contribution in [0.4, 0.5) is 5.69 Å². The van der Waals surface area contributed by atoms with Gasteiger partial charge in [0.25, 0.3) is 0 Å². The predicted molar refractivity (Wildman–Crippen MR) is 104 cm³/mol. The summed E-state index contributed by atoms with van der Waals surface area (Å²) in [4.78, 5) is 23.7. The lowest BCUT2D eigenvalue weighted by Gasteiger charge is -2.19. The molecule has 0 aliphatic heterocycles. The number of thiophene rings is 1. The Morgan fingerprint density at radius 2 is 1.65 bits per heavy atom. The number of ketones is 1. The molecule has 0 spiro atoms. The highest BCUT2D eigenvalue weighted by molar-refractivity contribution is 7.08. The molecule has 1 heterocycles. The Morgan fingerprint density at radius 1 is 1.00 bits per heavy atom. The number of carboxylic acid groups (broad SMARTS) is 1. The Bertz CT molecular complexity index is 884. The topological polar surface area (TPSA) is 66.4 Å². The predicted octanol–water partition coefficient (Wildman–Crippen LogP) is 5.18. The Labute approximate surface area is 156 Å². The summed E-state index contributed by atoms with van der Waals surface area (Å²) in [6, 6.07) is 15.9. The average Bonchev–Trinajstić information content (AvgIpc) is 3.16. The van der Waals surface area contributed by atoms with Crippen LogP contribution in [0.15, 0.2) is 65.4 Å². The van der Waals surface area contributed by atoms with Crippen molar-refractivity contribution in [3.63, 3.8) is 0 Å². The minimum Gasteiger partial charge on any atom is -0.478 e. The maximum atomic E-state index is 12.7. The molecule has 0 saturated carbocycles. The number of carbonyl (C=O) groups is 2. The molecule has 5 heteroatoms. The third kappa shape index (κ3) is 4.37. The van der Waals surface area contributed by atoms with Crippen LogP contribution in [0.2, 0.25) is 0 Å². The first-order valence-electron chi connectivity index (χ1n) is 8.25. The van der Waals surface area contributed by atoms with Crippen molar-refractivity contribution in [3.05, 3.63) is 87.6 Å². The molecule has 0 aliphatic carbocycles. The third-order valence-electron chi connectivity index (χ3n) is 4.18. The van der Waals surface area contributed by atoms with Gasteiger partial charge in [-0.1, -0.05) is 29.8 Å². The molecule has 26 heavy (non-hydrogen) atoms. The summed E-state index contributed by atoms with van der Waals surface area (Å²) >= 11 is 1.58. The maximum Gasteiger partial charge on any atom is 0.335 e. The van der Waals surface area contributed by atoms with Gasteiger partial charge >= 0.3 is 5.97 Å². The van der Waals surface area contributed by atoms with E-state index in [1.54, 1.807) is 35.6 Å². The van der Waals surface area contributed by atoms with Gasteiger partial charge in [0.2, 0.25) is 0 Å². The van der Waals surface area contributed by atoms with Crippen LogP contribution in [-0.4, -0.2) is 16.9 Å². The van der Waals surface area contributed by atoms with Crippen molar-refractivity contribution in [3.8, 4) is 0 Å². The van der Waals surface area contributed by atoms with Crippen molar-refractivity contribution in [2.24, 2.45) is 0 Å². The van der Waals surface area contributed by atoms with E-state index in [1.165, 1.54) is 0 Å². The molecule has 0 radical (unpaired) electrons. The minimum absolute atomic E-state index is 0.0656. The largest absolute Gasteiger partial charge is 0.478 e. The van der Waals surface area contributed by atoms with Crippen LogP contribution in [0.5, 0.6) is 0 Å². The Hall–Kier alpha value is -2.92. The second kappa shape index (κ2) is 7.97. The van der Waals surface area contributed by atoms with Gasteiger partial charge in [-0.3, -0.25) is 4.79 Å². The summed E-state index contributed by atoms with van der Waals surface area (Å²) in [5, 5.41) is 16.4. The van der Waals surface area contributed by atoms with E-state index in [0.29, 0.717) is 12.0 Å². The Kier molecular flexibility index (Phi) is 5.49. The quantitative estimate of drug-likeness (QED) is 0.566. The number of benzene rings is 2. The van der Waals surface area contributed by atoms with Crippen LogP contribution in [0.3, 0.4) is 0 Å². The molecule has 2 N–H and O–H groups in total. The number of aromatic carboxylic acids is 1. The molecule has 0 amide bonds. The van der Waals surface area contributed by atoms with Crippen molar-refractivity contribution < 1.29 is 14.7 Å². The summed E-state index contributed by atoms with van der Waals surface area (Å²) in [7, 11) is 0. The summed E-state index contributed by atoms with van der Waals surface area (Å²) in [5.41, 5.74) is 3.87. The normalized spacial score (nSPS) is 11.7. The molecule has 132 valence electrons. The standard InChI is InChI=1S/C21H19NO3S/c1-14-2-4-15(5-3-14)20(23)12-19(17-10-11-26-13-17)22-18-8-6-16(7-9-18)21(24)25/h2-11,13,19,22H,12H2,1H3,(H,24,25). The molecule has 0 saturated heterocycles. The minimum atomic E-state index is -0.958. The fraction of sp³-hybridized carbons (Fsp3) is 0.143. The Balaban J connectivity index is 1.78. The number of aryl methyl sites for hydroxylation is 1. The number of rotatable bonds is 7. The van der Waals surface area contributed by atoms with Gasteiger partial charge in [-0.25, -0.2) is 4.79 Å². The number of nitrogens with one attached hydrogen (secondary N) is 1. The zero-order chi connectivity index (χ0) is 18.5. The Morgan fingerprint density at radius 3 is 2.23 bits per heavy atom. The van der Waals surface area contributed by atoms with Crippen LogP contribution >= 0.6 is 11.3 Å². The highest BCUT2D eigenvalue weighted by Gasteiger charge is 2.18. The van der Waals surface area contributed by atoms with Crippen LogP contribution in [0.1, 0.15) is 44.3 Å². The molecule has 1 aromatic heterocycles. The maximum absolute atomic E-state index is 12.7. The molecular weight excluding hydrogens is 346 g/mol. The molecule has 1 unspecified atom stereocenters. The molecule has 4 nitrogen and oxygen atoms in total. The number of hydrogen-bond acceptors (Lipinski definition) is 4. The molecular formula is C21H19NO3S. The van der Waals surface area contributed by atoms with E-state index in [4.69, 9.17) is 5.11 Å². The van der Waals surface area contributed by atoms with Gasteiger partial charge in [0.1, 0.15) is 0 Å². The number of carboxylic acids is 1. The highest BCUT2D eigenvalue weighted by Crippen LogP contribution is 2.26. The van der Waals surface area contributed by atoms with Crippen molar-refractivity contribution in [1.29, 1.82) is 0 Å². The second-order valence-electron chi connectivity index (χ2n) is 6.13. The van der Waals surface area contributed by atoms with Crippen LogP contribution in [-0.2, 0) is 0 Å². The number of Topliss-reactive ketones (excluding diaryl/α,β-unsaturated/α-hetero) is 1. The molecule has 0 fully saturated rings. The van der Waals surface area contributed by atoms with E-state index in [1.807, 2.05) is 48.0 Å². The summed E-state index contributed by atoms with van der Waals surface area (Å²) in [6.07, 6.45) is 0.320. The van der Waals surface area contributed by atoms with Crippen molar-refractivity contribution >= 4 is 28.8 Å². The monoisotopic (exact) mass is 365 g/mol. The van der Waals surface area contributed by atoms with Crippen molar-refractivity contribution in [2.45, 2.75) is 19.4 Å². The third-order valence-corrected chi connectivity index (χ3v) is 4.88. The summed E-state index contributed by atoms with van der Waals surface area (Å²) in [6.45, 7) is 1.99. The second-order valence-corrected chi connectivity index (χ2v) is 6.91. The van der Waals surface area contributed by atoms with Gasteiger partial charge in [0.05, 0.1) is 11.6 Å². The van der Waals surface area contributed by atoms with Crippen molar-refractivity contribution in [1.82, 2.24) is 0 Å². The van der Waals surface area contributed by atoms with E-state index in [-0.39, 0.29) is 17.4 Å². The first-order valence-corrected chi connectivity index (χ1v) is 9.19.